The number of benzene rings is 1. The molecular formula is C16H20ClNO4. The average molecular weight is 326 g/mol. The molecule has 6 heteroatoms. The largest absolute Gasteiger partial charge is 0.480 e. The van der Waals surface area contributed by atoms with E-state index in [0.29, 0.717) is 24.6 Å². The summed E-state index contributed by atoms with van der Waals surface area (Å²) in [6, 6.07) is 6.67. The number of hydrogen-bond donors (Lipinski definition) is 1. The zero-order valence-corrected chi connectivity index (χ0v) is 13.3. The van der Waals surface area contributed by atoms with Crippen LogP contribution in [0.5, 0.6) is 0 Å². The maximum atomic E-state index is 12.4. The van der Waals surface area contributed by atoms with Crippen LogP contribution >= 0.6 is 11.6 Å². The van der Waals surface area contributed by atoms with Gasteiger partial charge >= 0.3 is 5.97 Å². The van der Waals surface area contributed by atoms with Crippen LogP contribution in [0.1, 0.15) is 18.9 Å². The molecule has 1 fully saturated rings. The molecule has 0 aliphatic carbocycles. The highest BCUT2D eigenvalue weighted by molar-refractivity contribution is 6.30. The standard InChI is InChI=1S/C16H20ClNO4/c1-11(8-12-2-4-13(17)5-3-12)9-15(19)18-6-7-22-10-14(18)16(20)21/h2-5,11,14H,6-10H2,1H3,(H,20,21). The summed E-state index contributed by atoms with van der Waals surface area (Å²) >= 11 is 5.85. The van der Waals surface area contributed by atoms with Crippen molar-refractivity contribution in [2.75, 3.05) is 19.8 Å². The molecule has 1 amide bonds. The molecule has 0 aromatic heterocycles. The predicted molar refractivity (Wildman–Crippen MR) is 82.9 cm³/mol. The van der Waals surface area contributed by atoms with Crippen LogP contribution in [0.15, 0.2) is 24.3 Å². The van der Waals surface area contributed by atoms with Gasteiger partial charge in [0.05, 0.1) is 13.2 Å². The Morgan fingerprint density at radius 2 is 2.09 bits per heavy atom. The molecule has 2 rings (SSSR count). The van der Waals surface area contributed by atoms with E-state index in [0.717, 1.165) is 12.0 Å². The fourth-order valence-corrected chi connectivity index (χ4v) is 2.74. The first-order valence-electron chi connectivity index (χ1n) is 7.32. The Morgan fingerprint density at radius 3 is 2.73 bits per heavy atom. The maximum Gasteiger partial charge on any atom is 0.328 e. The van der Waals surface area contributed by atoms with Crippen molar-refractivity contribution >= 4 is 23.5 Å². The van der Waals surface area contributed by atoms with Crippen molar-refractivity contribution in [2.24, 2.45) is 5.92 Å². The number of halogens is 1. The Labute approximate surface area is 134 Å². The highest BCUT2D eigenvalue weighted by atomic mass is 35.5. The second-order valence-corrected chi connectivity index (χ2v) is 6.09. The minimum Gasteiger partial charge on any atom is -0.480 e. The van der Waals surface area contributed by atoms with Crippen LogP contribution in [-0.2, 0) is 20.7 Å². The van der Waals surface area contributed by atoms with Gasteiger partial charge in [-0.15, -0.1) is 0 Å². The number of rotatable bonds is 5. The molecule has 2 atom stereocenters. The van der Waals surface area contributed by atoms with Gasteiger partial charge in [0.15, 0.2) is 6.04 Å². The molecule has 1 aliphatic rings. The first kappa shape index (κ1) is 16.8. The Morgan fingerprint density at radius 1 is 1.41 bits per heavy atom. The molecule has 1 saturated heterocycles. The third-order valence-electron chi connectivity index (χ3n) is 3.75. The van der Waals surface area contributed by atoms with Crippen molar-refractivity contribution < 1.29 is 19.4 Å². The molecule has 0 saturated carbocycles. The zero-order valence-electron chi connectivity index (χ0n) is 12.5. The van der Waals surface area contributed by atoms with Gasteiger partial charge in [-0.3, -0.25) is 4.79 Å². The summed E-state index contributed by atoms with van der Waals surface area (Å²) in [6.07, 6.45) is 1.08. The van der Waals surface area contributed by atoms with Crippen LogP contribution in [-0.4, -0.2) is 47.7 Å². The number of aliphatic carboxylic acids is 1. The van der Waals surface area contributed by atoms with Gasteiger partial charge < -0.3 is 14.7 Å². The molecule has 1 aromatic rings. The van der Waals surface area contributed by atoms with Crippen LogP contribution in [0, 0.1) is 5.92 Å². The van der Waals surface area contributed by atoms with Crippen molar-refractivity contribution in [3.63, 3.8) is 0 Å². The molecule has 0 radical (unpaired) electrons. The van der Waals surface area contributed by atoms with Gasteiger partial charge in [-0.05, 0) is 30.0 Å². The number of carbonyl (C=O) groups is 2. The molecule has 1 aromatic carbocycles. The van der Waals surface area contributed by atoms with Crippen LogP contribution in [0.4, 0.5) is 0 Å². The lowest BCUT2D eigenvalue weighted by Gasteiger charge is -2.33. The second-order valence-electron chi connectivity index (χ2n) is 5.66. The fraction of sp³-hybridized carbons (Fsp3) is 0.500. The summed E-state index contributed by atoms with van der Waals surface area (Å²) < 4.78 is 5.15. The average Bonchev–Trinajstić information content (AvgIpc) is 2.49. The number of carboxylic acid groups (broad SMARTS) is 1. The lowest BCUT2D eigenvalue weighted by atomic mass is 9.97. The number of nitrogens with zero attached hydrogens (tertiary/aromatic N) is 1. The first-order valence-corrected chi connectivity index (χ1v) is 7.69. The number of ether oxygens (including phenoxy) is 1. The summed E-state index contributed by atoms with van der Waals surface area (Å²) in [5, 5.41) is 9.85. The third-order valence-corrected chi connectivity index (χ3v) is 4.01. The van der Waals surface area contributed by atoms with Crippen molar-refractivity contribution in [2.45, 2.75) is 25.8 Å². The lowest BCUT2D eigenvalue weighted by Crippen LogP contribution is -2.52. The highest BCUT2D eigenvalue weighted by Crippen LogP contribution is 2.18. The van der Waals surface area contributed by atoms with E-state index in [9.17, 15) is 9.59 Å². The first-order chi connectivity index (χ1) is 10.5. The van der Waals surface area contributed by atoms with E-state index >= 15 is 0 Å². The summed E-state index contributed by atoms with van der Waals surface area (Å²) in [5.74, 6) is -1.01. The highest BCUT2D eigenvalue weighted by Gasteiger charge is 2.32. The van der Waals surface area contributed by atoms with Gasteiger partial charge in [0, 0.05) is 18.0 Å². The maximum absolute atomic E-state index is 12.4. The lowest BCUT2D eigenvalue weighted by molar-refractivity contribution is -0.158. The summed E-state index contributed by atoms with van der Waals surface area (Å²) in [5.41, 5.74) is 1.11. The SMILES string of the molecule is CC(CC(=O)N1CCOCC1C(=O)O)Cc1ccc(Cl)cc1. The van der Waals surface area contributed by atoms with E-state index in [2.05, 4.69) is 0 Å². The Balaban J connectivity index is 1.92. The van der Waals surface area contributed by atoms with E-state index in [1.165, 1.54) is 4.90 Å². The number of morpholine rings is 1. The molecule has 1 N–H and O–H groups in total. The van der Waals surface area contributed by atoms with Gasteiger partial charge in [0.25, 0.3) is 0 Å². The van der Waals surface area contributed by atoms with Crippen molar-refractivity contribution in [3.8, 4) is 0 Å². The van der Waals surface area contributed by atoms with Crippen molar-refractivity contribution in [1.82, 2.24) is 4.90 Å². The number of carboxylic acids is 1. The topological polar surface area (TPSA) is 66.8 Å². The van der Waals surface area contributed by atoms with Crippen LogP contribution in [0.3, 0.4) is 0 Å². The molecule has 120 valence electrons. The molecule has 0 spiro atoms. The van der Waals surface area contributed by atoms with E-state index < -0.39 is 12.0 Å². The van der Waals surface area contributed by atoms with Crippen LogP contribution < -0.4 is 0 Å². The molecule has 2 unspecified atom stereocenters. The van der Waals surface area contributed by atoms with Crippen LogP contribution in [0.25, 0.3) is 0 Å². The van der Waals surface area contributed by atoms with E-state index in [1.807, 2.05) is 31.2 Å². The minimum atomic E-state index is -1.02. The van der Waals surface area contributed by atoms with Crippen LogP contribution in [0.2, 0.25) is 5.02 Å². The van der Waals surface area contributed by atoms with Gasteiger partial charge in [0.2, 0.25) is 5.91 Å². The quantitative estimate of drug-likeness (QED) is 0.901. The number of carbonyl (C=O) groups excluding carboxylic acids is 1. The minimum absolute atomic E-state index is 0.0621. The molecular weight excluding hydrogens is 306 g/mol. The summed E-state index contributed by atoms with van der Waals surface area (Å²) in [7, 11) is 0. The molecule has 1 heterocycles. The van der Waals surface area contributed by atoms with Crippen molar-refractivity contribution in [1.29, 1.82) is 0 Å². The van der Waals surface area contributed by atoms with E-state index in [-0.39, 0.29) is 18.4 Å². The smallest absolute Gasteiger partial charge is 0.328 e. The van der Waals surface area contributed by atoms with Crippen molar-refractivity contribution in [3.05, 3.63) is 34.9 Å². The predicted octanol–water partition coefficient (Wildman–Crippen LogP) is 2.22. The fourth-order valence-electron chi connectivity index (χ4n) is 2.62. The van der Waals surface area contributed by atoms with E-state index in [1.54, 1.807) is 0 Å². The molecule has 0 bridgehead atoms. The normalized spacial score (nSPS) is 19.7. The molecule has 1 aliphatic heterocycles. The third kappa shape index (κ3) is 4.45. The monoisotopic (exact) mass is 325 g/mol. The van der Waals surface area contributed by atoms with Gasteiger partial charge in [-0.25, -0.2) is 4.79 Å². The van der Waals surface area contributed by atoms with Gasteiger partial charge in [-0.1, -0.05) is 30.7 Å². The number of amides is 1. The summed E-state index contributed by atoms with van der Waals surface area (Å²) in [4.78, 5) is 25.0. The molecule has 22 heavy (non-hydrogen) atoms. The zero-order chi connectivity index (χ0) is 16.1. The van der Waals surface area contributed by atoms with Gasteiger partial charge in [-0.2, -0.15) is 0 Å². The van der Waals surface area contributed by atoms with E-state index in [4.69, 9.17) is 21.4 Å². The molecule has 5 nitrogen and oxygen atoms in total. The van der Waals surface area contributed by atoms with Gasteiger partial charge in [0.1, 0.15) is 0 Å². The number of hydrogen-bond acceptors (Lipinski definition) is 3. The Bertz CT molecular complexity index is 531. The Hall–Kier alpha value is -1.59. The second kappa shape index (κ2) is 7.61. The summed E-state index contributed by atoms with van der Waals surface area (Å²) in [6.45, 7) is 2.78. The Kier molecular flexibility index (Phi) is 5.80.